The zero-order valence-corrected chi connectivity index (χ0v) is 30.4. The van der Waals surface area contributed by atoms with Crippen LogP contribution in [0.1, 0.15) is 13.8 Å². The number of alkyl halides is 6. The molecule has 56 heavy (non-hydrogen) atoms. The number of aliphatic hydroxyl groups is 3. The lowest BCUT2D eigenvalue weighted by atomic mass is 10.3. The predicted molar refractivity (Wildman–Crippen MR) is 187 cm³/mol. The Balaban J connectivity index is 0.000000424. The van der Waals surface area contributed by atoms with Gasteiger partial charge in [-0.3, -0.25) is 0 Å². The Kier molecular flexibility index (Phi) is 19.1. The van der Waals surface area contributed by atoms with Crippen LogP contribution in [0.4, 0.5) is 43.4 Å². The molecule has 15 nitrogen and oxygen atoms in total. The van der Waals surface area contributed by atoms with Crippen LogP contribution < -0.4 is 0 Å². The van der Waals surface area contributed by atoms with Crippen molar-refractivity contribution in [3.8, 4) is 0 Å². The van der Waals surface area contributed by atoms with Gasteiger partial charge in [-0.15, -0.1) is 15.3 Å². The highest BCUT2D eigenvalue weighted by Gasteiger charge is 2.40. The fourth-order valence-corrected chi connectivity index (χ4v) is 3.34. The fraction of sp³-hybridized carbons (Fsp3) is 0.156. The monoisotopic (exact) mass is 856 g/mol. The number of ether oxygens (including phenoxy) is 1. The molecule has 0 bridgehead atoms. The molecule has 0 radical (unpaired) electrons. The first kappa shape index (κ1) is 48.0. The Hall–Kier alpha value is -6.06. The standard InChI is InChI=1S/C12H10ClF3N2O3.C10H6ClF3N2O3.C10H9ClN2O3/c1-2-21-11(20)9(10(19)12(14,15)16)18-17-8-5-3-7(13)4-6-8;11-5-1-3-6(4-2-5)15-16-7(9(18)19)8(17)10(12,13)14;1-6(14)9(10(15)16)13-12-8-4-2-7(11)3-5-8/h3-6,19H,2H2,1H3;1-4,17H,(H,18,19);2-5,14H,1H3,(H,15,16). The van der Waals surface area contributed by atoms with Gasteiger partial charge < -0.3 is 30.3 Å². The van der Waals surface area contributed by atoms with Crippen LogP contribution in [-0.2, 0) is 19.1 Å². The van der Waals surface area contributed by atoms with Crippen molar-refractivity contribution in [3.63, 3.8) is 0 Å². The van der Waals surface area contributed by atoms with E-state index in [4.69, 9.17) is 60.3 Å². The van der Waals surface area contributed by atoms with Gasteiger partial charge in [-0.05, 0) is 86.6 Å². The summed E-state index contributed by atoms with van der Waals surface area (Å²) in [5.41, 5.74) is -2.73. The van der Waals surface area contributed by atoms with E-state index in [1.54, 1.807) is 24.3 Å². The van der Waals surface area contributed by atoms with Gasteiger partial charge in [0.25, 0.3) is 0 Å². The SMILES string of the molecule is CC(O)=C(N=Nc1ccc(Cl)cc1)C(=O)O.CCOC(=O)C(N=Nc1ccc(Cl)cc1)=C(O)C(F)(F)F.O=C(O)C(N=Nc1ccc(Cl)cc1)=C(O)C(F)(F)F. The molecule has 300 valence electrons. The lowest BCUT2D eigenvalue weighted by molar-refractivity contribution is -0.143. The lowest BCUT2D eigenvalue weighted by Gasteiger charge is -2.08. The summed E-state index contributed by atoms with van der Waals surface area (Å²) in [6.45, 7) is 2.45. The summed E-state index contributed by atoms with van der Waals surface area (Å²) in [6.07, 6.45) is -10.4. The molecule has 3 aromatic carbocycles. The molecule has 0 heterocycles. The van der Waals surface area contributed by atoms with E-state index in [0.29, 0.717) is 20.8 Å². The Morgan fingerprint density at radius 1 is 0.554 bits per heavy atom. The second-order valence-electron chi connectivity index (χ2n) is 9.68. The summed E-state index contributed by atoms with van der Waals surface area (Å²) in [4.78, 5) is 32.6. The number of esters is 1. The van der Waals surface area contributed by atoms with Gasteiger partial charge in [-0.1, -0.05) is 34.8 Å². The van der Waals surface area contributed by atoms with Crippen molar-refractivity contribution in [1.82, 2.24) is 0 Å². The molecule has 0 unspecified atom stereocenters. The van der Waals surface area contributed by atoms with Gasteiger partial charge in [0.05, 0.1) is 23.7 Å². The largest absolute Gasteiger partial charge is 0.510 e. The second kappa shape index (κ2) is 22.4. The average Bonchev–Trinajstić information content (AvgIpc) is 3.10. The van der Waals surface area contributed by atoms with E-state index < -0.39 is 64.6 Å². The van der Waals surface area contributed by atoms with Gasteiger partial charge in [0.2, 0.25) is 28.6 Å². The van der Waals surface area contributed by atoms with Gasteiger partial charge in [0.1, 0.15) is 5.76 Å². The quantitative estimate of drug-likeness (QED) is 0.0428. The van der Waals surface area contributed by atoms with Gasteiger partial charge >= 0.3 is 30.3 Å². The average molecular weight is 858 g/mol. The van der Waals surface area contributed by atoms with Crippen molar-refractivity contribution in [1.29, 1.82) is 0 Å². The maximum atomic E-state index is 12.4. The summed E-state index contributed by atoms with van der Waals surface area (Å²) in [5, 5.41) is 65.1. The van der Waals surface area contributed by atoms with Gasteiger partial charge in [-0.25, -0.2) is 14.4 Å². The molecule has 3 rings (SSSR count). The zero-order valence-electron chi connectivity index (χ0n) is 28.1. The van der Waals surface area contributed by atoms with Crippen molar-refractivity contribution in [2.45, 2.75) is 26.2 Å². The highest BCUT2D eigenvalue weighted by atomic mass is 35.5. The van der Waals surface area contributed by atoms with Gasteiger partial charge in [0, 0.05) is 15.1 Å². The van der Waals surface area contributed by atoms with Crippen LogP contribution in [0.25, 0.3) is 0 Å². The molecule has 0 aliphatic heterocycles. The maximum absolute atomic E-state index is 12.4. The number of hydrogen-bond donors (Lipinski definition) is 5. The maximum Gasteiger partial charge on any atom is 0.451 e. The smallest absolute Gasteiger partial charge is 0.451 e. The summed E-state index contributed by atoms with van der Waals surface area (Å²) in [5.74, 6) is -9.70. The topological polar surface area (TPSA) is 236 Å². The molecule has 0 fully saturated rings. The number of hydrogen-bond acceptors (Lipinski definition) is 13. The van der Waals surface area contributed by atoms with E-state index in [2.05, 4.69) is 35.4 Å². The van der Waals surface area contributed by atoms with Crippen LogP contribution >= 0.6 is 34.8 Å². The minimum absolute atomic E-state index is 0.0816. The molecule has 0 saturated carbocycles. The third-order valence-electron chi connectivity index (χ3n) is 5.48. The molecule has 0 amide bonds. The number of aliphatic carboxylic acids is 2. The number of allylic oxidation sites excluding steroid dienone is 3. The van der Waals surface area contributed by atoms with Crippen molar-refractivity contribution >= 4 is 69.8 Å². The van der Waals surface area contributed by atoms with Crippen LogP contribution in [0, 0.1) is 0 Å². The van der Waals surface area contributed by atoms with Crippen molar-refractivity contribution in [3.05, 3.63) is 122 Å². The van der Waals surface area contributed by atoms with E-state index in [1.165, 1.54) is 62.4 Å². The van der Waals surface area contributed by atoms with Crippen molar-refractivity contribution in [2.24, 2.45) is 30.7 Å². The Morgan fingerprint density at radius 2 is 0.839 bits per heavy atom. The predicted octanol–water partition coefficient (Wildman–Crippen LogP) is 11.5. The Morgan fingerprint density at radius 3 is 1.11 bits per heavy atom. The molecule has 0 spiro atoms. The minimum Gasteiger partial charge on any atom is -0.510 e. The number of carboxylic acids is 2. The molecular formula is C32H25Cl3F6N6O9. The van der Waals surface area contributed by atoms with E-state index in [9.17, 15) is 40.7 Å². The number of benzene rings is 3. The summed E-state index contributed by atoms with van der Waals surface area (Å²) in [7, 11) is 0. The van der Waals surface area contributed by atoms with Gasteiger partial charge in [0.15, 0.2) is 0 Å². The molecular weight excluding hydrogens is 833 g/mol. The number of carbonyl (C=O) groups is 3. The normalized spacial score (nSPS) is 13.1. The van der Waals surface area contributed by atoms with Gasteiger partial charge in [-0.2, -0.15) is 41.7 Å². The highest BCUT2D eigenvalue weighted by molar-refractivity contribution is 6.31. The Bertz CT molecular complexity index is 2020. The van der Waals surface area contributed by atoms with E-state index in [0.717, 1.165) is 0 Å². The molecule has 3 aromatic rings. The minimum atomic E-state index is -5.22. The first-order valence-corrected chi connectivity index (χ1v) is 15.7. The fourth-order valence-electron chi connectivity index (χ4n) is 2.96. The van der Waals surface area contributed by atoms with E-state index in [1.807, 2.05) is 0 Å². The number of halogens is 9. The summed E-state index contributed by atoms with van der Waals surface area (Å²) < 4.78 is 78.2. The number of nitrogens with zero attached hydrogens (tertiary/aromatic N) is 6. The summed E-state index contributed by atoms with van der Waals surface area (Å²) in [6, 6.07) is 17.4. The molecule has 0 atom stereocenters. The van der Waals surface area contributed by atoms with Crippen LogP contribution in [-0.4, -0.2) is 62.4 Å². The van der Waals surface area contributed by atoms with E-state index in [-0.39, 0.29) is 18.0 Å². The molecule has 24 heteroatoms. The zero-order chi connectivity index (χ0) is 42.8. The van der Waals surface area contributed by atoms with Crippen LogP contribution in [0.5, 0.6) is 0 Å². The number of carboxylic acid groups (broad SMARTS) is 2. The first-order chi connectivity index (χ1) is 26.0. The second-order valence-corrected chi connectivity index (χ2v) is 11.0. The summed E-state index contributed by atoms with van der Waals surface area (Å²) >= 11 is 16.9. The first-order valence-electron chi connectivity index (χ1n) is 14.5. The van der Waals surface area contributed by atoms with Crippen LogP contribution in [0.3, 0.4) is 0 Å². The molecule has 0 aromatic heterocycles. The number of aliphatic hydroxyl groups excluding tert-OH is 3. The van der Waals surface area contributed by atoms with Crippen LogP contribution in [0.15, 0.2) is 138 Å². The molecule has 0 saturated heterocycles. The van der Waals surface area contributed by atoms with Crippen LogP contribution in [0.2, 0.25) is 15.1 Å². The van der Waals surface area contributed by atoms with E-state index >= 15 is 0 Å². The van der Waals surface area contributed by atoms with Crippen molar-refractivity contribution < 1.29 is 71.0 Å². The Labute approximate surface area is 325 Å². The molecule has 5 N–H and O–H groups in total. The third-order valence-corrected chi connectivity index (χ3v) is 6.23. The molecule has 0 aliphatic carbocycles. The lowest BCUT2D eigenvalue weighted by Crippen LogP contribution is -2.18. The number of azo groups is 3. The molecule has 0 aliphatic rings. The number of carbonyl (C=O) groups excluding carboxylic acids is 1. The third kappa shape index (κ3) is 17.4. The number of rotatable bonds is 10. The highest BCUT2D eigenvalue weighted by Crippen LogP contribution is 2.29. The van der Waals surface area contributed by atoms with Crippen molar-refractivity contribution in [2.75, 3.05) is 6.61 Å².